The highest BCUT2D eigenvalue weighted by molar-refractivity contribution is 5.37. The largest absolute Gasteiger partial charge is 0.504 e. The van der Waals surface area contributed by atoms with E-state index in [0.29, 0.717) is 5.75 Å². The van der Waals surface area contributed by atoms with Gasteiger partial charge in [-0.05, 0) is 31.9 Å². The molecule has 1 aromatic rings. The first-order valence-electron chi connectivity index (χ1n) is 6.18. The number of benzene rings is 1. The quantitative estimate of drug-likeness (QED) is 0.703. The standard InChI is InChI=1S/C14H22O2/c1-3-4-5-6-9-12(2)16-14-11-8-7-10-13(14)15/h7-8,10-12,15H,3-6,9H2,1-2H3/t12-/m1/s1. The minimum absolute atomic E-state index is 0.171. The fraction of sp³-hybridized carbons (Fsp3) is 0.571. The first kappa shape index (κ1) is 12.9. The van der Waals surface area contributed by atoms with Crippen LogP contribution in [0.2, 0.25) is 0 Å². The molecule has 2 nitrogen and oxygen atoms in total. The van der Waals surface area contributed by atoms with E-state index in [1.807, 2.05) is 6.07 Å². The van der Waals surface area contributed by atoms with Gasteiger partial charge >= 0.3 is 0 Å². The number of phenols is 1. The molecular formula is C14H22O2. The van der Waals surface area contributed by atoms with E-state index >= 15 is 0 Å². The molecule has 2 heteroatoms. The van der Waals surface area contributed by atoms with Crippen LogP contribution in [0.3, 0.4) is 0 Å². The van der Waals surface area contributed by atoms with Crippen LogP contribution >= 0.6 is 0 Å². The Labute approximate surface area is 98.3 Å². The predicted octanol–water partition coefficient (Wildman–Crippen LogP) is 4.13. The minimum Gasteiger partial charge on any atom is -0.504 e. The van der Waals surface area contributed by atoms with E-state index in [1.54, 1.807) is 18.2 Å². The first-order valence-corrected chi connectivity index (χ1v) is 6.18. The molecule has 1 aromatic carbocycles. The molecule has 0 aliphatic heterocycles. The van der Waals surface area contributed by atoms with Crippen molar-refractivity contribution in [2.45, 2.75) is 52.1 Å². The molecule has 90 valence electrons. The van der Waals surface area contributed by atoms with Crippen LogP contribution in [0.4, 0.5) is 0 Å². The topological polar surface area (TPSA) is 29.5 Å². The third-order valence-electron chi connectivity index (χ3n) is 2.66. The van der Waals surface area contributed by atoms with E-state index in [9.17, 15) is 5.11 Å². The van der Waals surface area contributed by atoms with Crippen molar-refractivity contribution in [1.29, 1.82) is 0 Å². The molecule has 0 aliphatic carbocycles. The summed E-state index contributed by atoms with van der Waals surface area (Å²) in [5.74, 6) is 0.813. The van der Waals surface area contributed by atoms with E-state index in [2.05, 4.69) is 13.8 Å². The number of para-hydroxylation sites is 2. The van der Waals surface area contributed by atoms with Gasteiger partial charge in [0, 0.05) is 0 Å². The van der Waals surface area contributed by atoms with Crippen molar-refractivity contribution in [2.75, 3.05) is 0 Å². The summed E-state index contributed by atoms with van der Waals surface area (Å²) in [5, 5.41) is 9.54. The van der Waals surface area contributed by atoms with Crippen LogP contribution in [0.5, 0.6) is 11.5 Å². The SMILES string of the molecule is CCCCCC[C@@H](C)Oc1ccccc1O. The Morgan fingerprint density at radius 3 is 2.62 bits per heavy atom. The smallest absolute Gasteiger partial charge is 0.161 e. The van der Waals surface area contributed by atoms with Gasteiger partial charge in [0.2, 0.25) is 0 Å². The Balaban J connectivity index is 2.28. The molecular weight excluding hydrogens is 200 g/mol. The second-order valence-corrected chi connectivity index (χ2v) is 4.25. The second kappa shape index (κ2) is 7.15. The summed E-state index contributed by atoms with van der Waals surface area (Å²) in [7, 11) is 0. The Bertz CT molecular complexity index is 297. The Morgan fingerprint density at radius 2 is 1.94 bits per heavy atom. The van der Waals surface area contributed by atoms with Crippen molar-refractivity contribution in [3.8, 4) is 11.5 Å². The summed E-state index contributed by atoms with van der Waals surface area (Å²) in [6.45, 7) is 4.26. The van der Waals surface area contributed by atoms with Gasteiger partial charge in [0.15, 0.2) is 11.5 Å². The highest BCUT2D eigenvalue weighted by Crippen LogP contribution is 2.26. The molecule has 0 aliphatic rings. The number of hydrogen-bond donors (Lipinski definition) is 1. The summed E-state index contributed by atoms with van der Waals surface area (Å²) < 4.78 is 5.68. The van der Waals surface area contributed by atoms with Gasteiger partial charge in [0.25, 0.3) is 0 Å². The summed E-state index contributed by atoms with van der Waals surface area (Å²) in [4.78, 5) is 0. The molecule has 0 spiro atoms. The normalized spacial score (nSPS) is 12.4. The Kier molecular flexibility index (Phi) is 5.76. The zero-order valence-electron chi connectivity index (χ0n) is 10.3. The van der Waals surface area contributed by atoms with E-state index in [0.717, 1.165) is 6.42 Å². The van der Waals surface area contributed by atoms with Gasteiger partial charge in [0.05, 0.1) is 6.10 Å². The molecule has 0 unspecified atom stereocenters. The van der Waals surface area contributed by atoms with Crippen LogP contribution in [0.25, 0.3) is 0 Å². The monoisotopic (exact) mass is 222 g/mol. The third kappa shape index (κ3) is 4.56. The van der Waals surface area contributed by atoms with Crippen molar-refractivity contribution in [1.82, 2.24) is 0 Å². The fourth-order valence-corrected chi connectivity index (χ4v) is 1.69. The maximum atomic E-state index is 9.54. The molecule has 1 rings (SSSR count). The van der Waals surface area contributed by atoms with Gasteiger partial charge in [-0.1, -0.05) is 38.3 Å². The van der Waals surface area contributed by atoms with Gasteiger partial charge < -0.3 is 9.84 Å². The lowest BCUT2D eigenvalue weighted by Crippen LogP contribution is -2.11. The molecule has 0 bridgehead atoms. The van der Waals surface area contributed by atoms with Crippen LogP contribution in [-0.2, 0) is 0 Å². The van der Waals surface area contributed by atoms with Crippen LogP contribution in [0.15, 0.2) is 24.3 Å². The number of phenolic OH excluding ortho intramolecular Hbond substituents is 1. The zero-order chi connectivity index (χ0) is 11.8. The Hall–Kier alpha value is -1.18. The van der Waals surface area contributed by atoms with Crippen LogP contribution in [0.1, 0.15) is 46.0 Å². The van der Waals surface area contributed by atoms with Crippen molar-refractivity contribution in [3.05, 3.63) is 24.3 Å². The molecule has 0 aromatic heterocycles. The molecule has 0 saturated heterocycles. The van der Waals surface area contributed by atoms with Crippen molar-refractivity contribution in [2.24, 2.45) is 0 Å². The van der Waals surface area contributed by atoms with Gasteiger partial charge in [-0.3, -0.25) is 0 Å². The highest BCUT2D eigenvalue weighted by atomic mass is 16.5. The second-order valence-electron chi connectivity index (χ2n) is 4.25. The van der Waals surface area contributed by atoms with E-state index < -0.39 is 0 Å². The summed E-state index contributed by atoms with van der Waals surface area (Å²) in [5.41, 5.74) is 0. The maximum absolute atomic E-state index is 9.54. The number of unbranched alkanes of at least 4 members (excludes halogenated alkanes) is 3. The van der Waals surface area contributed by atoms with E-state index in [-0.39, 0.29) is 11.9 Å². The van der Waals surface area contributed by atoms with E-state index in [4.69, 9.17) is 4.74 Å². The molecule has 0 radical (unpaired) electrons. The highest BCUT2D eigenvalue weighted by Gasteiger charge is 2.06. The molecule has 1 atom stereocenters. The van der Waals surface area contributed by atoms with Crippen molar-refractivity contribution >= 4 is 0 Å². The molecule has 0 saturated carbocycles. The summed E-state index contributed by atoms with van der Waals surface area (Å²) in [6, 6.07) is 7.13. The van der Waals surface area contributed by atoms with Crippen molar-refractivity contribution in [3.63, 3.8) is 0 Å². The molecule has 1 N–H and O–H groups in total. The van der Waals surface area contributed by atoms with Crippen molar-refractivity contribution < 1.29 is 9.84 Å². The minimum atomic E-state index is 0.171. The van der Waals surface area contributed by atoms with Gasteiger partial charge in [-0.25, -0.2) is 0 Å². The predicted molar refractivity (Wildman–Crippen MR) is 67.0 cm³/mol. The lowest BCUT2D eigenvalue weighted by molar-refractivity contribution is 0.198. The molecule has 16 heavy (non-hydrogen) atoms. The van der Waals surface area contributed by atoms with Gasteiger partial charge in [-0.2, -0.15) is 0 Å². The number of aromatic hydroxyl groups is 1. The summed E-state index contributed by atoms with van der Waals surface area (Å²) in [6.07, 6.45) is 6.24. The molecule has 0 heterocycles. The zero-order valence-corrected chi connectivity index (χ0v) is 10.3. The lowest BCUT2D eigenvalue weighted by atomic mass is 10.1. The number of hydrogen-bond acceptors (Lipinski definition) is 2. The van der Waals surface area contributed by atoms with Gasteiger partial charge in [0.1, 0.15) is 0 Å². The lowest BCUT2D eigenvalue weighted by Gasteiger charge is -2.15. The fourth-order valence-electron chi connectivity index (χ4n) is 1.69. The third-order valence-corrected chi connectivity index (χ3v) is 2.66. The van der Waals surface area contributed by atoms with Crippen LogP contribution < -0.4 is 4.74 Å². The average Bonchev–Trinajstić information content (AvgIpc) is 2.28. The van der Waals surface area contributed by atoms with Gasteiger partial charge in [-0.15, -0.1) is 0 Å². The molecule has 0 amide bonds. The number of ether oxygens (including phenoxy) is 1. The van der Waals surface area contributed by atoms with E-state index in [1.165, 1.54) is 25.7 Å². The van der Waals surface area contributed by atoms with Crippen LogP contribution in [0, 0.1) is 0 Å². The maximum Gasteiger partial charge on any atom is 0.161 e. The number of rotatable bonds is 7. The molecule has 0 fully saturated rings. The first-order chi connectivity index (χ1) is 7.74. The van der Waals surface area contributed by atoms with Crippen LogP contribution in [-0.4, -0.2) is 11.2 Å². The Morgan fingerprint density at radius 1 is 1.19 bits per heavy atom. The average molecular weight is 222 g/mol. The summed E-state index contributed by atoms with van der Waals surface area (Å²) >= 11 is 0.